The molecule has 1 aliphatic carbocycles. The normalized spacial score (nSPS) is 18.9. The van der Waals surface area contributed by atoms with Gasteiger partial charge in [0.05, 0.1) is 10.4 Å². The average molecular weight is 476 g/mol. The molecule has 0 amide bonds. The van der Waals surface area contributed by atoms with Gasteiger partial charge in [0, 0.05) is 17.3 Å². The lowest BCUT2D eigenvalue weighted by molar-refractivity contribution is 0.281. The third-order valence-corrected chi connectivity index (χ3v) is 7.95. The molecule has 0 radical (unpaired) electrons. The summed E-state index contributed by atoms with van der Waals surface area (Å²) >= 11 is 0. The van der Waals surface area contributed by atoms with Crippen LogP contribution in [0.25, 0.3) is 21.7 Å². The van der Waals surface area contributed by atoms with Gasteiger partial charge in [-0.15, -0.1) is 0 Å². The van der Waals surface area contributed by atoms with Crippen molar-refractivity contribution < 1.29 is 8.42 Å². The molecule has 1 aliphatic rings. The van der Waals surface area contributed by atoms with Gasteiger partial charge in [0.2, 0.25) is 16.0 Å². The predicted octanol–water partition coefficient (Wildman–Crippen LogP) is 4.47. The van der Waals surface area contributed by atoms with Gasteiger partial charge < -0.3 is 11.1 Å². The summed E-state index contributed by atoms with van der Waals surface area (Å²) < 4.78 is 24.9. The van der Waals surface area contributed by atoms with Gasteiger partial charge in [-0.3, -0.25) is 0 Å². The van der Waals surface area contributed by atoms with Crippen molar-refractivity contribution in [3.63, 3.8) is 0 Å². The SMILES string of the molecule is Nc1nc(NCC2CCC(Cc3ccc4ccccc4c3S(N)(=O)=O)CC2)nc2ccccc12. The number of hydrogen-bond donors (Lipinski definition) is 3. The van der Waals surface area contributed by atoms with Crippen molar-refractivity contribution in [2.45, 2.75) is 37.0 Å². The Hall–Kier alpha value is -3.23. The molecule has 176 valence electrons. The fourth-order valence-corrected chi connectivity index (χ4v) is 6.16. The van der Waals surface area contributed by atoms with E-state index in [2.05, 4.69) is 15.3 Å². The number of para-hydroxylation sites is 1. The van der Waals surface area contributed by atoms with Gasteiger partial charge in [-0.05, 0) is 67.0 Å². The molecular formula is C26H29N5O2S. The molecule has 5 N–H and O–H groups in total. The van der Waals surface area contributed by atoms with E-state index in [1.807, 2.05) is 60.7 Å². The third kappa shape index (κ3) is 4.69. The highest BCUT2D eigenvalue weighted by Gasteiger charge is 2.25. The van der Waals surface area contributed by atoms with Gasteiger partial charge in [0.25, 0.3) is 0 Å². The second-order valence-electron chi connectivity index (χ2n) is 9.24. The number of rotatable bonds is 6. The maximum atomic E-state index is 12.4. The predicted molar refractivity (Wildman–Crippen MR) is 137 cm³/mol. The zero-order valence-corrected chi connectivity index (χ0v) is 19.8. The number of sulfonamides is 1. The Bertz CT molecular complexity index is 1450. The van der Waals surface area contributed by atoms with Gasteiger partial charge in [-0.2, -0.15) is 4.98 Å². The molecule has 3 aromatic carbocycles. The Morgan fingerprint density at radius 1 is 0.853 bits per heavy atom. The molecule has 1 aromatic heterocycles. The largest absolute Gasteiger partial charge is 0.383 e. The van der Waals surface area contributed by atoms with E-state index in [4.69, 9.17) is 10.9 Å². The molecule has 0 aliphatic heterocycles. The van der Waals surface area contributed by atoms with Gasteiger partial charge in [0.1, 0.15) is 5.82 Å². The topological polar surface area (TPSA) is 124 Å². The second kappa shape index (κ2) is 9.19. The van der Waals surface area contributed by atoms with Crippen LogP contribution in [0.4, 0.5) is 11.8 Å². The van der Waals surface area contributed by atoms with Crippen LogP contribution < -0.4 is 16.2 Å². The van der Waals surface area contributed by atoms with Gasteiger partial charge in [-0.1, -0.05) is 48.5 Å². The van der Waals surface area contributed by atoms with Crippen LogP contribution in [0.1, 0.15) is 31.2 Å². The molecule has 0 unspecified atom stereocenters. The van der Waals surface area contributed by atoms with Crippen molar-refractivity contribution in [1.82, 2.24) is 9.97 Å². The van der Waals surface area contributed by atoms with E-state index >= 15 is 0 Å². The highest BCUT2D eigenvalue weighted by Crippen LogP contribution is 2.34. The van der Waals surface area contributed by atoms with Crippen molar-refractivity contribution in [2.75, 3.05) is 17.6 Å². The maximum absolute atomic E-state index is 12.4. The summed E-state index contributed by atoms with van der Waals surface area (Å²) in [6, 6.07) is 19.2. The number of nitrogens with two attached hydrogens (primary N) is 2. The molecule has 0 saturated heterocycles. The van der Waals surface area contributed by atoms with Gasteiger partial charge >= 0.3 is 0 Å². The van der Waals surface area contributed by atoms with Crippen molar-refractivity contribution in [3.05, 3.63) is 66.2 Å². The van der Waals surface area contributed by atoms with Crippen LogP contribution in [0, 0.1) is 11.8 Å². The third-order valence-electron chi connectivity index (χ3n) is 6.90. The lowest BCUT2D eigenvalue weighted by atomic mass is 9.79. The minimum absolute atomic E-state index is 0.278. The van der Waals surface area contributed by atoms with Crippen LogP contribution in [-0.4, -0.2) is 24.9 Å². The molecule has 34 heavy (non-hydrogen) atoms. The maximum Gasteiger partial charge on any atom is 0.238 e. The van der Waals surface area contributed by atoms with Crippen LogP contribution >= 0.6 is 0 Å². The summed E-state index contributed by atoms with van der Waals surface area (Å²) in [6.45, 7) is 0.795. The zero-order valence-electron chi connectivity index (χ0n) is 18.9. The minimum Gasteiger partial charge on any atom is -0.383 e. The summed E-state index contributed by atoms with van der Waals surface area (Å²) in [5.74, 6) is 2.00. The standard InChI is InChI=1S/C26H29N5O2S/c27-25-22-7-3-4-8-23(22)30-26(31-25)29-16-18-11-9-17(10-12-18)15-20-14-13-19-5-1-2-6-21(19)24(20)34(28,32)33/h1-8,13-14,17-18H,9-12,15-16H2,(H2,28,32,33)(H3,27,29,30,31). The number of nitrogens with one attached hydrogen (secondary N) is 1. The first kappa shape index (κ1) is 22.6. The number of hydrogen-bond acceptors (Lipinski definition) is 6. The molecule has 5 rings (SSSR count). The Balaban J connectivity index is 1.23. The van der Waals surface area contributed by atoms with Crippen molar-refractivity contribution >= 4 is 43.5 Å². The van der Waals surface area contributed by atoms with E-state index < -0.39 is 10.0 Å². The van der Waals surface area contributed by atoms with Gasteiger partial charge in [-0.25, -0.2) is 18.5 Å². The number of anilines is 2. The summed E-state index contributed by atoms with van der Waals surface area (Å²) in [7, 11) is -3.81. The number of aromatic nitrogens is 2. The van der Waals surface area contributed by atoms with Crippen LogP contribution in [0.5, 0.6) is 0 Å². The summed E-state index contributed by atoms with van der Waals surface area (Å²) in [4.78, 5) is 9.26. The summed E-state index contributed by atoms with van der Waals surface area (Å²) in [5.41, 5.74) is 7.75. The number of nitrogens with zero attached hydrogens (tertiary/aromatic N) is 2. The van der Waals surface area contributed by atoms with Gasteiger partial charge in [0.15, 0.2) is 0 Å². The number of benzene rings is 3. The molecule has 8 heteroatoms. The monoisotopic (exact) mass is 475 g/mol. The molecule has 0 spiro atoms. The van der Waals surface area contributed by atoms with E-state index in [1.54, 1.807) is 0 Å². The van der Waals surface area contributed by atoms with Crippen molar-refractivity contribution in [3.8, 4) is 0 Å². The first-order valence-corrected chi connectivity index (χ1v) is 13.2. The van der Waals surface area contributed by atoms with Crippen molar-refractivity contribution in [2.24, 2.45) is 17.0 Å². The fourth-order valence-electron chi connectivity index (χ4n) is 5.15. The molecule has 1 saturated carbocycles. The zero-order chi connectivity index (χ0) is 23.7. The Labute approximate surface area is 199 Å². The van der Waals surface area contributed by atoms with Crippen LogP contribution in [-0.2, 0) is 16.4 Å². The highest BCUT2D eigenvalue weighted by molar-refractivity contribution is 7.89. The average Bonchev–Trinajstić information content (AvgIpc) is 2.83. The van der Waals surface area contributed by atoms with Crippen LogP contribution in [0.15, 0.2) is 65.6 Å². The first-order chi connectivity index (χ1) is 16.4. The van der Waals surface area contributed by atoms with Crippen molar-refractivity contribution in [1.29, 1.82) is 0 Å². The van der Waals surface area contributed by atoms with E-state index in [1.165, 1.54) is 0 Å². The Morgan fingerprint density at radius 2 is 1.53 bits per heavy atom. The first-order valence-electron chi connectivity index (χ1n) is 11.7. The minimum atomic E-state index is -3.81. The quantitative estimate of drug-likeness (QED) is 0.378. The lowest BCUT2D eigenvalue weighted by Gasteiger charge is -2.29. The highest BCUT2D eigenvalue weighted by atomic mass is 32.2. The number of nitrogen functional groups attached to an aromatic ring is 1. The fraction of sp³-hybridized carbons (Fsp3) is 0.308. The molecule has 1 heterocycles. The Kier molecular flexibility index (Phi) is 6.10. The van der Waals surface area contributed by atoms with E-state index in [0.717, 1.165) is 60.5 Å². The number of primary sulfonamides is 1. The Morgan fingerprint density at radius 3 is 2.29 bits per heavy atom. The molecule has 4 aromatic rings. The lowest BCUT2D eigenvalue weighted by Crippen LogP contribution is -2.24. The van der Waals surface area contributed by atoms with E-state index in [0.29, 0.717) is 29.0 Å². The summed E-state index contributed by atoms with van der Waals surface area (Å²) in [5, 5.41) is 11.5. The molecule has 0 bridgehead atoms. The molecule has 1 fully saturated rings. The molecule has 0 atom stereocenters. The number of fused-ring (bicyclic) bond motifs is 2. The molecular weight excluding hydrogens is 446 g/mol. The van der Waals surface area contributed by atoms with Crippen LogP contribution in [0.3, 0.4) is 0 Å². The molecule has 7 nitrogen and oxygen atoms in total. The van der Waals surface area contributed by atoms with Crippen LogP contribution in [0.2, 0.25) is 0 Å². The summed E-state index contributed by atoms with van der Waals surface area (Å²) in [6.07, 6.45) is 4.95. The van der Waals surface area contributed by atoms with E-state index in [-0.39, 0.29) is 4.90 Å². The smallest absolute Gasteiger partial charge is 0.238 e. The second-order valence-corrected chi connectivity index (χ2v) is 10.7. The van der Waals surface area contributed by atoms with E-state index in [9.17, 15) is 8.42 Å².